The summed E-state index contributed by atoms with van der Waals surface area (Å²) in [5, 5.41) is 4.70. The Labute approximate surface area is 153 Å². The summed E-state index contributed by atoms with van der Waals surface area (Å²) in [7, 11) is -3.14. The van der Waals surface area contributed by atoms with Crippen LogP contribution < -0.4 is 0 Å². The van der Waals surface area contributed by atoms with E-state index >= 15 is 0 Å². The van der Waals surface area contributed by atoms with Gasteiger partial charge in [-0.15, -0.1) is 0 Å². The first kappa shape index (κ1) is 18.4. The molecule has 8 heteroatoms. The zero-order valence-electron chi connectivity index (χ0n) is 14.2. The average molecular weight is 384 g/mol. The maximum Gasteiger partial charge on any atom is 0.230 e. The fraction of sp³-hybridized carbons (Fsp3) is 0.529. The highest BCUT2D eigenvalue weighted by molar-refractivity contribution is 7.89. The smallest absolute Gasteiger partial charge is 0.230 e. The van der Waals surface area contributed by atoms with E-state index in [2.05, 4.69) is 10.1 Å². The summed E-state index contributed by atoms with van der Waals surface area (Å²) in [6.07, 6.45) is 2.99. The summed E-state index contributed by atoms with van der Waals surface area (Å²) in [6, 6.07) is 7.26. The van der Waals surface area contributed by atoms with Crippen molar-refractivity contribution >= 4 is 21.6 Å². The molecule has 0 bridgehead atoms. The first-order chi connectivity index (χ1) is 12.0. The maximum atomic E-state index is 12.3. The van der Waals surface area contributed by atoms with Gasteiger partial charge in [-0.3, -0.25) is 0 Å². The van der Waals surface area contributed by atoms with Gasteiger partial charge in [0, 0.05) is 29.6 Å². The van der Waals surface area contributed by atoms with Crippen molar-refractivity contribution < 1.29 is 12.9 Å². The van der Waals surface area contributed by atoms with Crippen molar-refractivity contribution in [3.05, 3.63) is 35.2 Å². The van der Waals surface area contributed by atoms with Crippen molar-refractivity contribution in [3.63, 3.8) is 0 Å². The minimum Gasteiger partial charge on any atom is -0.339 e. The monoisotopic (exact) mass is 383 g/mol. The molecule has 1 fully saturated rings. The summed E-state index contributed by atoms with van der Waals surface area (Å²) in [4.78, 5) is 4.48. The Hall–Kier alpha value is -1.44. The molecule has 0 amide bonds. The van der Waals surface area contributed by atoms with Crippen LogP contribution in [0.5, 0.6) is 0 Å². The van der Waals surface area contributed by atoms with E-state index in [1.165, 1.54) is 0 Å². The third-order valence-electron chi connectivity index (χ3n) is 4.50. The van der Waals surface area contributed by atoms with Crippen LogP contribution in [0, 0.1) is 0 Å². The summed E-state index contributed by atoms with van der Waals surface area (Å²) >= 11 is 5.89. The number of piperidine rings is 1. The Bertz CT molecular complexity index is 797. The molecule has 1 aromatic heterocycles. The quantitative estimate of drug-likeness (QED) is 0.760. The van der Waals surface area contributed by atoms with Crippen LogP contribution in [0.25, 0.3) is 11.4 Å². The minimum absolute atomic E-state index is 0.103. The van der Waals surface area contributed by atoms with E-state index in [1.807, 2.05) is 19.1 Å². The molecule has 25 heavy (non-hydrogen) atoms. The van der Waals surface area contributed by atoms with Crippen molar-refractivity contribution in [1.29, 1.82) is 0 Å². The Morgan fingerprint density at radius 2 is 1.92 bits per heavy atom. The number of hydrogen-bond acceptors (Lipinski definition) is 5. The van der Waals surface area contributed by atoms with Gasteiger partial charge in [0.25, 0.3) is 0 Å². The number of unbranched alkanes of at least 4 members (excludes halogenated alkanes) is 1. The van der Waals surface area contributed by atoms with Crippen LogP contribution in [0.1, 0.15) is 44.4 Å². The van der Waals surface area contributed by atoms with Gasteiger partial charge in [-0.1, -0.05) is 30.1 Å². The third kappa shape index (κ3) is 4.40. The number of nitrogens with zero attached hydrogens (tertiary/aromatic N) is 3. The predicted molar refractivity (Wildman–Crippen MR) is 97.0 cm³/mol. The van der Waals surface area contributed by atoms with E-state index in [0.717, 1.165) is 12.0 Å². The van der Waals surface area contributed by atoms with Crippen LogP contribution in [0.15, 0.2) is 28.8 Å². The molecule has 1 aliphatic rings. The first-order valence-corrected chi connectivity index (χ1v) is 10.6. The number of rotatable bonds is 6. The van der Waals surface area contributed by atoms with Gasteiger partial charge < -0.3 is 4.52 Å². The lowest BCUT2D eigenvalue weighted by atomic mass is 9.98. The molecule has 0 atom stereocenters. The normalized spacial score (nSPS) is 17.0. The van der Waals surface area contributed by atoms with Crippen molar-refractivity contribution in [2.45, 2.75) is 38.5 Å². The molecule has 0 radical (unpaired) electrons. The highest BCUT2D eigenvalue weighted by Gasteiger charge is 2.30. The van der Waals surface area contributed by atoms with Crippen molar-refractivity contribution in [2.24, 2.45) is 0 Å². The molecule has 6 nitrogen and oxygen atoms in total. The van der Waals surface area contributed by atoms with Gasteiger partial charge >= 0.3 is 0 Å². The lowest BCUT2D eigenvalue weighted by Crippen LogP contribution is -2.39. The first-order valence-electron chi connectivity index (χ1n) is 8.57. The summed E-state index contributed by atoms with van der Waals surface area (Å²) in [6.45, 7) is 3.01. The molecule has 136 valence electrons. The molecule has 1 aliphatic heterocycles. The van der Waals surface area contributed by atoms with Gasteiger partial charge in [0.05, 0.1) is 5.75 Å². The van der Waals surface area contributed by atoms with E-state index < -0.39 is 10.0 Å². The van der Waals surface area contributed by atoms with Crippen LogP contribution in [0.2, 0.25) is 5.02 Å². The summed E-state index contributed by atoms with van der Waals surface area (Å²) in [5.41, 5.74) is 0.846. The second kappa shape index (κ2) is 7.85. The predicted octanol–water partition coefficient (Wildman–Crippen LogP) is 3.70. The van der Waals surface area contributed by atoms with Crippen molar-refractivity contribution in [2.75, 3.05) is 18.8 Å². The average Bonchev–Trinajstić information content (AvgIpc) is 3.11. The molecule has 0 N–H and O–H groups in total. The lowest BCUT2D eigenvalue weighted by Gasteiger charge is -2.29. The SMILES string of the molecule is CCCCS(=O)(=O)N1CCC(c2nc(-c3ccc(Cl)cc3)no2)CC1. The standard InChI is InChI=1S/C17H22ClN3O3S/c1-2-3-12-25(22,23)21-10-8-14(9-11-21)17-19-16(20-24-17)13-4-6-15(18)7-5-13/h4-7,14H,2-3,8-12H2,1H3. The fourth-order valence-corrected chi connectivity index (χ4v) is 4.76. The highest BCUT2D eigenvalue weighted by Crippen LogP contribution is 2.30. The fourth-order valence-electron chi connectivity index (χ4n) is 2.95. The van der Waals surface area contributed by atoms with E-state index in [4.69, 9.17) is 16.1 Å². The molecule has 0 aliphatic carbocycles. The van der Waals surface area contributed by atoms with Gasteiger partial charge in [-0.05, 0) is 43.5 Å². The van der Waals surface area contributed by atoms with Crippen LogP contribution in [0.4, 0.5) is 0 Å². The highest BCUT2D eigenvalue weighted by atomic mass is 35.5. The van der Waals surface area contributed by atoms with Crippen LogP contribution in [-0.4, -0.2) is 41.7 Å². The van der Waals surface area contributed by atoms with Crippen LogP contribution in [0.3, 0.4) is 0 Å². The van der Waals surface area contributed by atoms with E-state index in [0.29, 0.717) is 49.1 Å². The molecule has 0 spiro atoms. The molecule has 0 unspecified atom stereocenters. The van der Waals surface area contributed by atoms with E-state index in [1.54, 1.807) is 16.4 Å². The van der Waals surface area contributed by atoms with Gasteiger partial charge in [0.15, 0.2) is 0 Å². The molecule has 0 saturated carbocycles. The Morgan fingerprint density at radius 1 is 1.24 bits per heavy atom. The second-order valence-electron chi connectivity index (χ2n) is 6.31. The number of benzene rings is 1. The third-order valence-corrected chi connectivity index (χ3v) is 6.71. The lowest BCUT2D eigenvalue weighted by molar-refractivity contribution is 0.270. The Balaban J connectivity index is 1.63. The van der Waals surface area contributed by atoms with Crippen LogP contribution >= 0.6 is 11.6 Å². The minimum atomic E-state index is -3.14. The molecule has 2 aromatic rings. The molecular weight excluding hydrogens is 362 g/mol. The van der Waals surface area contributed by atoms with Crippen molar-refractivity contribution in [1.82, 2.24) is 14.4 Å². The Kier molecular flexibility index (Phi) is 5.76. The maximum absolute atomic E-state index is 12.3. The molecule has 3 rings (SSSR count). The number of halogens is 1. The van der Waals surface area contributed by atoms with Gasteiger partial charge in [-0.25, -0.2) is 12.7 Å². The number of sulfonamides is 1. The van der Waals surface area contributed by atoms with Crippen LogP contribution in [-0.2, 0) is 10.0 Å². The number of aromatic nitrogens is 2. The van der Waals surface area contributed by atoms with E-state index in [-0.39, 0.29) is 11.7 Å². The largest absolute Gasteiger partial charge is 0.339 e. The van der Waals surface area contributed by atoms with Gasteiger partial charge in [-0.2, -0.15) is 4.98 Å². The molecule has 1 aromatic carbocycles. The molecular formula is C17H22ClN3O3S. The van der Waals surface area contributed by atoms with Gasteiger partial charge in [0.2, 0.25) is 21.7 Å². The topological polar surface area (TPSA) is 76.3 Å². The van der Waals surface area contributed by atoms with Crippen molar-refractivity contribution in [3.8, 4) is 11.4 Å². The summed E-state index contributed by atoms with van der Waals surface area (Å²) < 4.78 is 31.5. The van der Waals surface area contributed by atoms with E-state index in [9.17, 15) is 8.42 Å². The second-order valence-corrected chi connectivity index (χ2v) is 8.83. The Morgan fingerprint density at radius 3 is 2.56 bits per heavy atom. The zero-order valence-corrected chi connectivity index (χ0v) is 15.8. The molecule has 1 saturated heterocycles. The number of hydrogen-bond donors (Lipinski definition) is 0. The molecule has 2 heterocycles. The zero-order chi connectivity index (χ0) is 17.9. The summed E-state index contributed by atoms with van der Waals surface area (Å²) in [5.74, 6) is 1.45. The van der Waals surface area contributed by atoms with Gasteiger partial charge in [0.1, 0.15) is 0 Å².